The van der Waals surface area contributed by atoms with Crippen molar-refractivity contribution in [1.29, 1.82) is 0 Å². The van der Waals surface area contributed by atoms with E-state index in [9.17, 15) is 0 Å². The van der Waals surface area contributed by atoms with Crippen LogP contribution in [0.4, 0.5) is 0 Å². The Labute approximate surface area is 121 Å². The number of benzene rings is 1. The van der Waals surface area contributed by atoms with E-state index in [4.69, 9.17) is 23.2 Å². The minimum atomic E-state index is 0.646. The van der Waals surface area contributed by atoms with Gasteiger partial charge in [0.2, 0.25) is 0 Å². The van der Waals surface area contributed by atoms with Crippen LogP contribution >= 0.6 is 39.1 Å². The second-order valence-corrected chi connectivity index (χ2v) is 6.69. The van der Waals surface area contributed by atoms with Gasteiger partial charge in [0, 0.05) is 17.9 Å². The maximum atomic E-state index is 6.21. The molecule has 94 valence electrons. The fourth-order valence-corrected chi connectivity index (χ4v) is 3.01. The molecule has 1 aliphatic rings. The van der Waals surface area contributed by atoms with Crippen molar-refractivity contribution < 1.29 is 0 Å². The van der Waals surface area contributed by atoms with E-state index in [0.717, 1.165) is 25.2 Å². The van der Waals surface area contributed by atoms with Gasteiger partial charge in [-0.2, -0.15) is 0 Å². The lowest BCUT2D eigenvalue weighted by atomic mass is 9.99. The Hall–Kier alpha value is 0.240. The molecule has 4 heteroatoms. The van der Waals surface area contributed by atoms with Crippen LogP contribution < -0.4 is 0 Å². The van der Waals surface area contributed by atoms with E-state index >= 15 is 0 Å². The Balaban J connectivity index is 2.04. The number of alkyl halides is 1. The molecule has 1 saturated heterocycles. The summed E-state index contributed by atoms with van der Waals surface area (Å²) in [5.41, 5.74) is 1.12. The Bertz CT molecular complexity index is 397. The summed E-state index contributed by atoms with van der Waals surface area (Å²) in [6.07, 6.45) is 1.19. The highest BCUT2D eigenvalue weighted by molar-refractivity contribution is 9.09. The van der Waals surface area contributed by atoms with Gasteiger partial charge in [-0.15, -0.1) is 0 Å². The lowest BCUT2D eigenvalue weighted by Crippen LogP contribution is -2.39. The highest BCUT2D eigenvalue weighted by Gasteiger charge is 2.24. The molecular weight excluding hydrogens is 321 g/mol. The van der Waals surface area contributed by atoms with Crippen molar-refractivity contribution in [3.8, 4) is 0 Å². The van der Waals surface area contributed by atoms with Crippen molar-refractivity contribution in [3.63, 3.8) is 0 Å². The van der Waals surface area contributed by atoms with E-state index in [1.54, 1.807) is 0 Å². The quantitative estimate of drug-likeness (QED) is 0.713. The maximum Gasteiger partial charge on any atom is 0.0637 e. The minimum Gasteiger partial charge on any atom is -0.299 e. The molecule has 0 aliphatic carbocycles. The molecule has 1 heterocycles. The third-order valence-electron chi connectivity index (χ3n) is 3.31. The van der Waals surface area contributed by atoms with Crippen LogP contribution in [0.2, 0.25) is 10.0 Å². The number of piperidine rings is 1. The largest absolute Gasteiger partial charge is 0.299 e. The molecule has 17 heavy (non-hydrogen) atoms. The van der Waals surface area contributed by atoms with Crippen LogP contribution in [-0.4, -0.2) is 22.8 Å². The zero-order valence-electron chi connectivity index (χ0n) is 9.80. The van der Waals surface area contributed by atoms with E-state index < -0.39 is 0 Å². The van der Waals surface area contributed by atoms with Crippen molar-refractivity contribution in [2.24, 2.45) is 5.92 Å². The minimum absolute atomic E-state index is 0.646. The highest BCUT2D eigenvalue weighted by atomic mass is 79.9. The topological polar surface area (TPSA) is 3.24 Å². The van der Waals surface area contributed by atoms with Gasteiger partial charge >= 0.3 is 0 Å². The van der Waals surface area contributed by atoms with Crippen LogP contribution in [-0.2, 0) is 6.54 Å². The summed E-state index contributed by atoms with van der Waals surface area (Å²) < 4.78 is 0. The fraction of sp³-hybridized carbons (Fsp3) is 0.538. The van der Waals surface area contributed by atoms with Crippen LogP contribution in [0.5, 0.6) is 0 Å². The van der Waals surface area contributed by atoms with E-state index in [0.29, 0.717) is 20.8 Å². The Kier molecular flexibility index (Phi) is 4.76. The Morgan fingerprint density at radius 3 is 2.88 bits per heavy atom. The van der Waals surface area contributed by atoms with Crippen molar-refractivity contribution >= 4 is 39.1 Å². The average molecular weight is 337 g/mol. The predicted molar refractivity (Wildman–Crippen MR) is 78.2 cm³/mol. The number of rotatable bonds is 2. The zero-order valence-corrected chi connectivity index (χ0v) is 12.9. The second-order valence-electron chi connectivity index (χ2n) is 4.73. The molecule has 0 bridgehead atoms. The lowest BCUT2D eigenvalue weighted by Gasteiger charge is -2.34. The van der Waals surface area contributed by atoms with Gasteiger partial charge in [0.1, 0.15) is 0 Å². The molecule has 0 saturated carbocycles. The molecule has 1 aliphatic heterocycles. The van der Waals surface area contributed by atoms with Gasteiger partial charge in [0.15, 0.2) is 0 Å². The standard InChI is InChI=1S/C13H16BrCl2N/c1-9-7-17(6-5-11(9)14)8-10-3-2-4-12(15)13(10)16/h2-4,9,11H,5-8H2,1H3. The van der Waals surface area contributed by atoms with Gasteiger partial charge in [0.25, 0.3) is 0 Å². The molecule has 1 nitrogen and oxygen atoms in total. The molecule has 0 radical (unpaired) electrons. The molecule has 1 aromatic carbocycles. The van der Waals surface area contributed by atoms with Gasteiger partial charge in [-0.1, -0.05) is 58.2 Å². The molecule has 0 amide bonds. The SMILES string of the molecule is CC1CN(Cc2cccc(Cl)c2Cl)CCC1Br. The van der Waals surface area contributed by atoms with Crippen molar-refractivity contribution in [1.82, 2.24) is 4.90 Å². The van der Waals surface area contributed by atoms with E-state index in [-0.39, 0.29) is 0 Å². The van der Waals surface area contributed by atoms with Gasteiger partial charge in [-0.05, 0) is 30.5 Å². The molecule has 2 rings (SSSR count). The first-order valence-corrected chi connectivity index (χ1v) is 7.54. The summed E-state index contributed by atoms with van der Waals surface area (Å²) in [5, 5.41) is 1.34. The Morgan fingerprint density at radius 2 is 2.18 bits per heavy atom. The summed E-state index contributed by atoms with van der Waals surface area (Å²) >= 11 is 16.0. The summed E-state index contributed by atoms with van der Waals surface area (Å²) in [6, 6.07) is 5.85. The molecular formula is C13H16BrCl2N. The van der Waals surface area contributed by atoms with E-state index in [2.05, 4.69) is 33.8 Å². The first-order chi connectivity index (χ1) is 8.08. The zero-order chi connectivity index (χ0) is 12.4. The third-order valence-corrected chi connectivity index (χ3v) is 5.53. The summed E-state index contributed by atoms with van der Waals surface area (Å²) in [5.74, 6) is 0.682. The van der Waals surface area contributed by atoms with Gasteiger partial charge in [-0.3, -0.25) is 4.90 Å². The molecule has 1 fully saturated rings. The van der Waals surface area contributed by atoms with Gasteiger partial charge in [-0.25, -0.2) is 0 Å². The van der Waals surface area contributed by atoms with Crippen molar-refractivity contribution in [2.45, 2.75) is 24.7 Å². The highest BCUT2D eigenvalue weighted by Crippen LogP contribution is 2.29. The number of likely N-dealkylation sites (tertiary alicyclic amines) is 1. The summed E-state index contributed by atoms with van der Waals surface area (Å²) in [6.45, 7) is 5.40. The number of hydrogen-bond donors (Lipinski definition) is 0. The molecule has 0 aromatic heterocycles. The number of halogens is 3. The van der Waals surface area contributed by atoms with Crippen LogP contribution in [0.1, 0.15) is 18.9 Å². The predicted octanol–water partition coefficient (Wildman–Crippen LogP) is 4.60. The summed E-state index contributed by atoms with van der Waals surface area (Å²) in [7, 11) is 0. The van der Waals surface area contributed by atoms with Crippen LogP contribution in [0.3, 0.4) is 0 Å². The average Bonchev–Trinajstić information content (AvgIpc) is 2.30. The molecule has 2 unspecified atom stereocenters. The van der Waals surface area contributed by atoms with E-state index in [1.165, 1.54) is 6.42 Å². The number of nitrogens with zero attached hydrogens (tertiary/aromatic N) is 1. The van der Waals surface area contributed by atoms with Crippen molar-refractivity contribution in [3.05, 3.63) is 33.8 Å². The van der Waals surface area contributed by atoms with Crippen LogP contribution in [0.15, 0.2) is 18.2 Å². The first-order valence-electron chi connectivity index (χ1n) is 5.87. The third kappa shape index (κ3) is 3.37. The Morgan fingerprint density at radius 1 is 1.41 bits per heavy atom. The second kappa shape index (κ2) is 5.92. The smallest absolute Gasteiger partial charge is 0.0637 e. The van der Waals surface area contributed by atoms with Gasteiger partial charge < -0.3 is 0 Å². The lowest BCUT2D eigenvalue weighted by molar-refractivity contribution is 0.183. The normalized spacial score (nSPS) is 26.1. The van der Waals surface area contributed by atoms with Crippen LogP contribution in [0.25, 0.3) is 0 Å². The maximum absolute atomic E-state index is 6.21. The van der Waals surface area contributed by atoms with Crippen molar-refractivity contribution in [2.75, 3.05) is 13.1 Å². The molecule has 1 aromatic rings. The van der Waals surface area contributed by atoms with Gasteiger partial charge in [0.05, 0.1) is 10.0 Å². The number of hydrogen-bond acceptors (Lipinski definition) is 1. The fourth-order valence-electron chi connectivity index (χ4n) is 2.26. The van der Waals surface area contributed by atoms with Crippen LogP contribution in [0, 0.1) is 5.92 Å². The monoisotopic (exact) mass is 335 g/mol. The molecule has 0 spiro atoms. The molecule has 2 atom stereocenters. The summed E-state index contributed by atoms with van der Waals surface area (Å²) in [4.78, 5) is 3.09. The molecule has 0 N–H and O–H groups in total. The first kappa shape index (κ1) is 13.7. The van der Waals surface area contributed by atoms with E-state index in [1.807, 2.05) is 12.1 Å².